The minimum Gasteiger partial charge on any atom is -0.495 e. The highest BCUT2D eigenvalue weighted by atomic mass is 79.9. The Balaban J connectivity index is 2.46. The molecule has 0 bridgehead atoms. The van der Waals surface area contributed by atoms with E-state index in [0.717, 1.165) is 0 Å². The smallest absolute Gasteiger partial charge is 0.495 e. The van der Waals surface area contributed by atoms with Gasteiger partial charge in [-0.25, -0.2) is 4.39 Å². The first kappa shape index (κ1) is 15.8. The summed E-state index contributed by atoms with van der Waals surface area (Å²) in [6, 6.07) is 1.66. The Labute approximate surface area is 128 Å². The van der Waals surface area contributed by atoms with Crippen LogP contribution in [-0.2, 0) is 9.31 Å². The van der Waals surface area contributed by atoms with Crippen LogP contribution in [0.15, 0.2) is 10.5 Å². The molecule has 1 fully saturated rings. The van der Waals surface area contributed by atoms with Gasteiger partial charge in [-0.05, 0) is 56.6 Å². The zero-order chi connectivity index (χ0) is 15.3. The molecule has 1 aromatic rings. The molecule has 1 aromatic carbocycles. The van der Waals surface area contributed by atoms with Crippen LogP contribution in [0.5, 0.6) is 5.75 Å². The minimum absolute atomic E-state index is 0.358. The fraction of sp³-hybridized carbons (Fsp3) is 0.571. The lowest BCUT2D eigenvalue weighted by atomic mass is 9.77. The third kappa shape index (κ3) is 2.38. The number of rotatable bonds is 2. The molecule has 1 heterocycles. The first-order valence-electron chi connectivity index (χ1n) is 6.49. The van der Waals surface area contributed by atoms with Gasteiger partial charge in [-0.3, -0.25) is 0 Å². The average molecular weight is 345 g/mol. The number of methoxy groups -OCH3 is 1. The van der Waals surface area contributed by atoms with Gasteiger partial charge in [0, 0.05) is 11.0 Å². The minimum atomic E-state index is -0.721. The van der Waals surface area contributed by atoms with E-state index in [9.17, 15) is 4.39 Å². The molecular weight excluding hydrogens is 326 g/mol. The highest BCUT2D eigenvalue weighted by molar-refractivity contribution is 9.10. The fourth-order valence-electron chi connectivity index (χ4n) is 2.15. The lowest BCUT2D eigenvalue weighted by Crippen LogP contribution is -2.41. The van der Waals surface area contributed by atoms with Gasteiger partial charge in [-0.2, -0.15) is 0 Å². The second-order valence-corrected chi connectivity index (χ2v) is 6.86. The summed E-state index contributed by atoms with van der Waals surface area (Å²) in [5, 5.41) is 0. The Bertz CT molecular complexity index is 530. The molecule has 3 nitrogen and oxygen atoms in total. The Morgan fingerprint density at radius 3 is 2.15 bits per heavy atom. The van der Waals surface area contributed by atoms with Gasteiger partial charge in [0.05, 0.1) is 22.8 Å². The molecule has 1 aliphatic rings. The molecule has 0 radical (unpaired) electrons. The van der Waals surface area contributed by atoms with Crippen LogP contribution in [0.3, 0.4) is 0 Å². The monoisotopic (exact) mass is 344 g/mol. The summed E-state index contributed by atoms with van der Waals surface area (Å²) in [7, 11) is 0.793. The van der Waals surface area contributed by atoms with Crippen molar-refractivity contribution >= 4 is 28.5 Å². The van der Waals surface area contributed by atoms with Crippen molar-refractivity contribution < 1.29 is 18.4 Å². The van der Waals surface area contributed by atoms with E-state index in [0.29, 0.717) is 21.2 Å². The maximum atomic E-state index is 14.5. The van der Waals surface area contributed by atoms with E-state index in [1.54, 1.807) is 13.0 Å². The molecule has 0 unspecified atom stereocenters. The summed E-state index contributed by atoms with van der Waals surface area (Å²) in [6.45, 7) is 9.44. The lowest BCUT2D eigenvalue weighted by Gasteiger charge is -2.32. The Hall–Kier alpha value is -0.585. The average Bonchev–Trinajstić information content (AvgIpc) is 2.54. The summed E-state index contributed by atoms with van der Waals surface area (Å²) < 4.78 is 32.2. The second-order valence-electron chi connectivity index (χ2n) is 6.01. The Morgan fingerprint density at radius 2 is 1.70 bits per heavy atom. The highest BCUT2D eigenvalue weighted by Crippen LogP contribution is 2.38. The van der Waals surface area contributed by atoms with E-state index in [1.807, 2.05) is 27.7 Å². The zero-order valence-corrected chi connectivity index (χ0v) is 14.2. The molecule has 0 aliphatic carbocycles. The molecule has 1 saturated heterocycles. The van der Waals surface area contributed by atoms with Crippen molar-refractivity contribution in [2.24, 2.45) is 0 Å². The van der Waals surface area contributed by atoms with Crippen molar-refractivity contribution in [2.75, 3.05) is 7.11 Å². The third-order valence-electron chi connectivity index (χ3n) is 4.13. The summed E-state index contributed by atoms with van der Waals surface area (Å²) >= 11 is 3.39. The summed E-state index contributed by atoms with van der Waals surface area (Å²) in [5.41, 5.74) is -0.171. The van der Waals surface area contributed by atoms with Gasteiger partial charge in [0.1, 0.15) is 11.6 Å². The van der Waals surface area contributed by atoms with E-state index >= 15 is 0 Å². The number of ether oxygens (including phenoxy) is 1. The van der Waals surface area contributed by atoms with Crippen LogP contribution in [0.2, 0.25) is 0 Å². The van der Waals surface area contributed by atoms with Gasteiger partial charge >= 0.3 is 7.12 Å². The fourth-order valence-corrected chi connectivity index (χ4v) is 2.86. The van der Waals surface area contributed by atoms with Crippen molar-refractivity contribution in [1.29, 1.82) is 0 Å². The largest absolute Gasteiger partial charge is 0.497 e. The number of hydrogen-bond acceptors (Lipinski definition) is 3. The van der Waals surface area contributed by atoms with E-state index in [1.165, 1.54) is 7.11 Å². The van der Waals surface area contributed by atoms with Gasteiger partial charge in [0.25, 0.3) is 0 Å². The second kappa shape index (κ2) is 5.00. The molecule has 0 saturated carbocycles. The van der Waals surface area contributed by atoms with E-state index in [-0.39, 0.29) is 5.82 Å². The third-order valence-corrected chi connectivity index (χ3v) is 4.72. The van der Waals surface area contributed by atoms with Crippen molar-refractivity contribution in [1.82, 2.24) is 0 Å². The van der Waals surface area contributed by atoms with Crippen LogP contribution in [0.25, 0.3) is 0 Å². The summed E-state index contributed by atoms with van der Waals surface area (Å²) in [5.74, 6) is 0.131. The van der Waals surface area contributed by atoms with Crippen molar-refractivity contribution in [3.05, 3.63) is 21.9 Å². The van der Waals surface area contributed by atoms with Gasteiger partial charge < -0.3 is 14.0 Å². The summed E-state index contributed by atoms with van der Waals surface area (Å²) in [4.78, 5) is 0. The number of halogens is 2. The molecular formula is C14H19BBrFO3. The topological polar surface area (TPSA) is 27.7 Å². The van der Waals surface area contributed by atoms with Gasteiger partial charge in [0.15, 0.2) is 0 Å². The zero-order valence-electron chi connectivity index (χ0n) is 12.6. The molecule has 0 spiro atoms. The first-order chi connectivity index (χ1) is 9.10. The standard InChI is InChI=1S/C14H19BBrFO3/c1-8-11(17)9(7-10(16)12(8)18-6)15-19-13(2,3)14(4,5)20-15/h7H,1-6H3. The lowest BCUT2D eigenvalue weighted by molar-refractivity contribution is 0.00578. The summed E-state index contributed by atoms with van der Waals surface area (Å²) in [6.07, 6.45) is 0. The highest BCUT2D eigenvalue weighted by Gasteiger charge is 2.52. The molecule has 110 valence electrons. The van der Waals surface area contributed by atoms with Crippen LogP contribution >= 0.6 is 15.9 Å². The van der Waals surface area contributed by atoms with Crippen molar-refractivity contribution in [2.45, 2.75) is 45.8 Å². The van der Waals surface area contributed by atoms with E-state index < -0.39 is 18.3 Å². The Kier molecular flexibility index (Phi) is 3.95. The van der Waals surface area contributed by atoms with Crippen LogP contribution in [0.1, 0.15) is 33.3 Å². The van der Waals surface area contributed by atoms with E-state index in [2.05, 4.69) is 15.9 Å². The Morgan fingerprint density at radius 1 is 1.20 bits per heavy atom. The molecule has 0 N–H and O–H groups in total. The molecule has 0 aromatic heterocycles. The molecule has 0 amide bonds. The maximum Gasteiger partial charge on any atom is 0.497 e. The van der Waals surface area contributed by atoms with Gasteiger partial charge in [0.2, 0.25) is 0 Å². The number of benzene rings is 1. The van der Waals surface area contributed by atoms with Gasteiger partial charge in [-0.15, -0.1) is 0 Å². The normalized spacial score (nSPS) is 20.3. The van der Waals surface area contributed by atoms with E-state index in [4.69, 9.17) is 14.0 Å². The molecule has 2 rings (SSSR count). The maximum absolute atomic E-state index is 14.5. The van der Waals surface area contributed by atoms with Gasteiger partial charge in [-0.1, -0.05) is 0 Å². The van der Waals surface area contributed by atoms with Crippen LogP contribution in [-0.4, -0.2) is 25.4 Å². The molecule has 1 aliphatic heterocycles. The predicted molar refractivity (Wildman–Crippen MR) is 81.1 cm³/mol. The molecule has 20 heavy (non-hydrogen) atoms. The molecule has 0 atom stereocenters. The van der Waals surface area contributed by atoms with Crippen LogP contribution in [0, 0.1) is 12.7 Å². The number of hydrogen-bond donors (Lipinski definition) is 0. The van der Waals surface area contributed by atoms with Crippen molar-refractivity contribution in [3.8, 4) is 5.75 Å². The predicted octanol–water partition coefficient (Wildman–Crippen LogP) is 3.20. The van der Waals surface area contributed by atoms with Crippen LogP contribution < -0.4 is 10.2 Å². The van der Waals surface area contributed by atoms with Crippen molar-refractivity contribution in [3.63, 3.8) is 0 Å². The molecule has 6 heteroatoms. The first-order valence-corrected chi connectivity index (χ1v) is 7.28. The van der Waals surface area contributed by atoms with Crippen LogP contribution in [0.4, 0.5) is 4.39 Å². The quantitative estimate of drug-likeness (QED) is 0.771. The SMILES string of the molecule is COc1c(Br)cc(B2OC(C)(C)C(C)(C)O2)c(F)c1C.